The van der Waals surface area contributed by atoms with Crippen molar-refractivity contribution in [3.05, 3.63) is 66.1 Å². The molecule has 2 N–H and O–H groups in total. The van der Waals surface area contributed by atoms with Crippen LogP contribution in [0.1, 0.15) is 16.1 Å². The highest BCUT2D eigenvalue weighted by atomic mass is 16.5. The standard InChI is InChI=1S/C17H15N5O2/c1-24-16-5-3-2-4-13(16)14-10-15(21-20-14)17(23)22-19-11-12-6-8-18-9-7-12/h2-11H,1H3,(H,20,21)(H,22,23)/b19-11-. The van der Waals surface area contributed by atoms with Crippen LogP contribution in [0.4, 0.5) is 0 Å². The summed E-state index contributed by atoms with van der Waals surface area (Å²) in [5.41, 5.74) is 5.02. The van der Waals surface area contributed by atoms with Crippen LogP contribution < -0.4 is 10.2 Å². The normalized spacial score (nSPS) is 10.7. The van der Waals surface area contributed by atoms with Crippen molar-refractivity contribution in [2.75, 3.05) is 7.11 Å². The fourth-order valence-electron chi connectivity index (χ4n) is 2.11. The Bertz CT molecular complexity index is 858. The first kappa shape index (κ1) is 15.4. The Morgan fingerprint density at radius 2 is 2.04 bits per heavy atom. The van der Waals surface area contributed by atoms with Crippen LogP contribution >= 0.6 is 0 Å². The van der Waals surface area contributed by atoms with Crippen LogP contribution in [0.2, 0.25) is 0 Å². The molecular weight excluding hydrogens is 306 g/mol. The number of benzene rings is 1. The van der Waals surface area contributed by atoms with E-state index in [2.05, 4.69) is 25.7 Å². The lowest BCUT2D eigenvalue weighted by Gasteiger charge is -2.04. The molecular formula is C17H15N5O2. The molecule has 0 atom stereocenters. The number of carbonyl (C=O) groups excluding carboxylic acids is 1. The van der Waals surface area contributed by atoms with E-state index in [1.807, 2.05) is 24.3 Å². The minimum atomic E-state index is -0.381. The molecule has 24 heavy (non-hydrogen) atoms. The summed E-state index contributed by atoms with van der Waals surface area (Å²) in [4.78, 5) is 16.0. The molecule has 0 aliphatic heterocycles. The summed E-state index contributed by atoms with van der Waals surface area (Å²) >= 11 is 0. The largest absolute Gasteiger partial charge is 0.496 e. The molecule has 7 heteroatoms. The number of nitrogens with one attached hydrogen (secondary N) is 2. The lowest BCUT2D eigenvalue weighted by molar-refractivity contribution is 0.0950. The quantitative estimate of drug-likeness (QED) is 0.557. The first-order valence-corrected chi connectivity index (χ1v) is 7.20. The summed E-state index contributed by atoms with van der Waals surface area (Å²) in [5.74, 6) is 0.306. The molecule has 0 aliphatic carbocycles. The third-order valence-electron chi connectivity index (χ3n) is 3.29. The smallest absolute Gasteiger partial charge is 0.289 e. The Morgan fingerprint density at radius 3 is 2.83 bits per heavy atom. The van der Waals surface area contributed by atoms with E-state index in [9.17, 15) is 4.79 Å². The van der Waals surface area contributed by atoms with Gasteiger partial charge in [0.05, 0.1) is 19.0 Å². The van der Waals surface area contributed by atoms with Gasteiger partial charge in [0, 0.05) is 18.0 Å². The van der Waals surface area contributed by atoms with Crippen molar-refractivity contribution in [3.8, 4) is 17.0 Å². The monoisotopic (exact) mass is 321 g/mol. The van der Waals surface area contributed by atoms with Gasteiger partial charge in [0.1, 0.15) is 11.4 Å². The molecule has 3 aromatic rings. The fourth-order valence-corrected chi connectivity index (χ4v) is 2.11. The van der Waals surface area contributed by atoms with E-state index in [0.29, 0.717) is 17.1 Å². The maximum absolute atomic E-state index is 12.1. The number of aromatic amines is 1. The van der Waals surface area contributed by atoms with E-state index in [0.717, 1.165) is 11.1 Å². The molecule has 1 aromatic carbocycles. The number of pyridine rings is 1. The number of hydrogen-bond acceptors (Lipinski definition) is 5. The van der Waals surface area contributed by atoms with Gasteiger partial charge in [-0.2, -0.15) is 10.2 Å². The Labute approximate surface area is 138 Å². The Kier molecular flexibility index (Phi) is 4.62. The van der Waals surface area contributed by atoms with E-state index in [-0.39, 0.29) is 5.91 Å². The number of H-pyrrole nitrogens is 1. The van der Waals surface area contributed by atoms with Gasteiger partial charge in [-0.3, -0.25) is 14.9 Å². The zero-order valence-electron chi connectivity index (χ0n) is 12.9. The van der Waals surface area contributed by atoms with E-state index in [4.69, 9.17) is 4.74 Å². The third-order valence-corrected chi connectivity index (χ3v) is 3.29. The van der Waals surface area contributed by atoms with E-state index < -0.39 is 0 Å². The highest BCUT2D eigenvalue weighted by Crippen LogP contribution is 2.28. The first-order valence-electron chi connectivity index (χ1n) is 7.20. The van der Waals surface area contributed by atoms with Gasteiger partial charge in [-0.05, 0) is 35.9 Å². The van der Waals surface area contributed by atoms with Gasteiger partial charge in [-0.25, -0.2) is 5.43 Å². The Balaban J connectivity index is 1.71. The summed E-state index contributed by atoms with van der Waals surface area (Å²) in [7, 11) is 1.59. The number of aromatic nitrogens is 3. The third kappa shape index (κ3) is 3.46. The number of para-hydroxylation sites is 1. The van der Waals surface area contributed by atoms with Gasteiger partial charge in [0.15, 0.2) is 0 Å². The molecule has 120 valence electrons. The van der Waals surface area contributed by atoms with Crippen molar-refractivity contribution in [3.63, 3.8) is 0 Å². The minimum Gasteiger partial charge on any atom is -0.496 e. The Hall–Kier alpha value is -3.48. The minimum absolute atomic E-state index is 0.308. The number of hydrogen-bond donors (Lipinski definition) is 2. The van der Waals surface area contributed by atoms with Gasteiger partial charge in [-0.1, -0.05) is 12.1 Å². The average Bonchev–Trinajstić information content (AvgIpc) is 3.12. The number of ether oxygens (including phenoxy) is 1. The summed E-state index contributed by atoms with van der Waals surface area (Å²) in [5, 5.41) is 10.8. The number of amides is 1. The second-order valence-corrected chi connectivity index (χ2v) is 4.85. The zero-order valence-corrected chi connectivity index (χ0v) is 12.9. The first-order chi connectivity index (χ1) is 11.8. The van der Waals surface area contributed by atoms with Crippen LogP contribution in [0.5, 0.6) is 5.75 Å². The van der Waals surface area contributed by atoms with Gasteiger partial charge >= 0.3 is 0 Å². The summed E-state index contributed by atoms with van der Waals surface area (Å²) in [6.07, 6.45) is 4.84. The van der Waals surface area contributed by atoms with Gasteiger partial charge < -0.3 is 4.74 Å². The second-order valence-electron chi connectivity index (χ2n) is 4.85. The van der Waals surface area contributed by atoms with Gasteiger partial charge in [0.25, 0.3) is 5.91 Å². The summed E-state index contributed by atoms with van der Waals surface area (Å²) in [6.45, 7) is 0. The molecule has 0 aliphatic rings. The van der Waals surface area contributed by atoms with Crippen LogP contribution in [0.15, 0.2) is 60.0 Å². The van der Waals surface area contributed by atoms with Crippen molar-refractivity contribution < 1.29 is 9.53 Å². The van der Waals surface area contributed by atoms with E-state index in [1.165, 1.54) is 6.21 Å². The molecule has 7 nitrogen and oxygen atoms in total. The lowest BCUT2D eigenvalue weighted by atomic mass is 10.1. The molecule has 3 rings (SSSR count). The molecule has 2 heterocycles. The summed E-state index contributed by atoms with van der Waals surface area (Å²) < 4.78 is 5.30. The predicted octanol–water partition coefficient (Wildman–Crippen LogP) is 2.24. The van der Waals surface area contributed by atoms with Gasteiger partial charge in [-0.15, -0.1) is 0 Å². The molecule has 1 amide bonds. The maximum Gasteiger partial charge on any atom is 0.289 e. The fraction of sp³-hybridized carbons (Fsp3) is 0.0588. The van der Waals surface area contributed by atoms with Gasteiger partial charge in [0.2, 0.25) is 0 Å². The highest BCUT2D eigenvalue weighted by Gasteiger charge is 2.13. The van der Waals surface area contributed by atoms with Crippen molar-refractivity contribution in [2.24, 2.45) is 5.10 Å². The van der Waals surface area contributed by atoms with Crippen molar-refractivity contribution in [1.29, 1.82) is 0 Å². The van der Waals surface area contributed by atoms with E-state index in [1.54, 1.807) is 37.7 Å². The van der Waals surface area contributed by atoms with Crippen molar-refractivity contribution in [2.45, 2.75) is 0 Å². The molecule has 0 saturated carbocycles. The number of rotatable bonds is 5. The molecule has 0 spiro atoms. The second kappa shape index (κ2) is 7.19. The number of nitrogens with zero attached hydrogens (tertiary/aromatic N) is 3. The molecule has 2 aromatic heterocycles. The van der Waals surface area contributed by atoms with Crippen LogP contribution in [0, 0.1) is 0 Å². The topological polar surface area (TPSA) is 92.3 Å². The number of carbonyl (C=O) groups is 1. The zero-order chi connectivity index (χ0) is 16.8. The number of methoxy groups -OCH3 is 1. The molecule has 0 fully saturated rings. The van der Waals surface area contributed by atoms with Crippen molar-refractivity contribution in [1.82, 2.24) is 20.6 Å². The number of hydrazone groups is 1. The van der Waals surface area contributed by atoms with Crippen LogP contribution in [-0.2, 0) is 0 Å². The average molecular weight is 321 g/mol. The van der Waals surface area contributed by atoms with Crippen LogP contribution in [-0.4, -0.2) is 34.4 Å². The predicted molar refractivity (Wildman–Crippen MR) is 89.9 cm³/mol. The lowest BCUT2D eigenvalue weighted by Crippen LogP contribution is -2.17. The summed E-state index contributed by atoms with van der Waals surface area (Å²) in [6, 6.07) is 12.7. The Morgan fingerprint density at radius 1 is 1.25 bits per heavy atom. The SMILES string of the molecule is COc1ccccc1-c1cc(C(=O)N/N=C\c2ccncc2)[nH]n1. The maximum atomic E-state index is 12.1. The molecule has 0 unspecified atom stereocenters. The highest BCUT2D eigenvalue weighted by molar-refractivity contribution is 5.94. The molecule has 0 saturated heterocycles. The van der Waals surface area contributed by atoms with Crippen LogP contribution in [0.3, 0.4) is 0 Å². The molecule has 0 radical (unpaired) electrons. The van der Waals surface area contributed by atoms with Crippen molar-refractivity contribution >= 4 is 12.1 Å². The van der Waals surface area contributed by atoms with E-state index >= 15 is 0 Å². The van der Waals surface area contributed by atoms with Crippen LogP contribution in [0.25, 0.3) is 11.3 Å². The molecule has 0 bridgehead atoms.